The molecule has 2 aromatic rings. The van der Waals surface area contributed by atoms with Crippen molar-refractivity contribution in [2.24, 2.45) is 0 Å². The lowest BCUT2D eigenvalue weighted by atomic mass is 10.1. The normalized spacial score (nSPS) is 17.0. The number of hydrogen-bond donors (Lipinski definition) is 0. The van der Waals surface area contributed by atoms with Crippen LogP contribution in [0.4, 0.5) is 5.69 Å². The van der Waals surface area contributed by atoms with Gasteiger partial charge in [0.15, 0.2) is 0 Å². The Hall–Kier alpha value is -2.25. The zero-order valence-corrected chi connectivity index (χ0v) is 15.3. The topological polar surface area (TPSA) is 70.6 Å². The van der Waals surface area contributed by atoms with Gasteiger partial charge in [-0.2, -0.15) is 4.31 Å². The van der Waals surface area contributed by atoms with E-state index in [0.29, 0.717) is 6.42 Å². The zero-order chi connectivity index (χ0) is 18.2. The minimum Gasteiger partial charge on any atom is -0.309 e. The van der Waals surface area contributed by atoms with E-state index in [0.717, 1.165) is 16.8 Å². The van der Waals surface area contributed by atoms with E-state index in [1.807, 2.05) is 6.92 Å². The quantitative estimate of drug-likeness (QED) is 0.839. The molecule has 132 valence electrons. The smallest absolute Gasteiger partial charge is 0.243 e. The highest BCUT2D eigenvalue weighted by Crippen LogP contribution is 2.34. The molecule has 2 heterocycles. The van der Waals surface area contributed by atoms with Crippen molar-refractivity contribution in [3.05, 3.63) is 53.9 Å². The molecule has 7 heteroatoms. The molecule has 0 N–H and O–H groups in total. The molecule has 0 aliphatic carbocycles. The second-order valence-electron chi connectivity index (χ2n) is 6.35. The summed E-state index contributed by atoms with van der Waals surface area (Å²) in [6.45, 7) is 3.77. The van der Waals surface area contributed by atoms with Gasteiger partial charge in [-0.25, -0.2) is 8.42 Å². The molecule has 1 aromatic carbocycles. The maximum absolute atomic E-state index is 12.9. The molecule has 1 aromatic heterocycles. The fourth-order valence-electron chi connectivity index (χ4n) is 3.26. The van der Waals surface area contributed by atoms with Gasteiger partial charge in [-0.15, -0.1) is 0 Å². The second-order valence-corrected chi connectivity index (χ2v) is 8.39. The van der Waals surface area contributed by atoms with E-state index < -0.39 is 10.0 Å². The molecule has 0 spiro atoms. The minimum absolute atomic E-state index is 0.0309. The van der Waals surface area contributed by atoms with Crippen LogP contribution in [-0.4, -0.2) is 36.7 Å². The Labute approximate surface area is 148 Å². The van der Waals surface area contributed by atoms with Gasteiger partial charge in [-0.05, 0) is 54.8 Å². The molecule has 25 heavy (non-hydrogen) atoms. The first-order valence-electron chi connectivity index (χ1n) is 8.08. The molecule has 3 rings (SSSR count). The van der Waals surface area contributed by atoms with E-state index >= 15 is 0 Å². The molecule has 1 unspecified atom stereocenters. The highest BCUT2D eigenvalue weighted by molar-refractivity contribution is 7.89. The Balaban J connectivity index is 1.89. The number of pyridine rings is 1. The third-order valence-corrected chi connectivity index (χ3v) is 6.27. The highest BCUT2D eigenvalue weighted by atomic mass is 32.2. The molecule has 0 fully saturated rings. The molecule has 1 aliphatic heterocycles. The van der Waals surface area contributed by atoms with Crippen LogP contribution in [0.15, 0.2) is 47.6 Å². The number of rotatable bonds is 4. The van der Waals surface area contributed by atoms with Crippen molar-refractivity contribution in [2.45, 2.75) is 37.8 Å². The predicted molar refractivity (Wildman–Crippen MR) is 95.7 cm³/mol. The lowest BCUT2D eigenvalue weighted by Gasteiger charge is -2.21. The minimum atomic E-state index is -3.60. The van der Waals surface area contributed by atoms with Crippen LogP contribution in [0.1, 0.15) is 25.0 Å². The van der Waals surface area contributed by atoms with Gasteiger partial charge >= 0.3 is 0 Å². The second kappa shape index (κ2) is 6.57. The number of benzene rings is 1. The Morgan fingerprint density at radius 2 is 1.96 bits per heavy atom. The molecule has 0 radical (unpaired) electrons. The SMILES string of the molecule is CC(=O)N1c2ccc(S(=O)(=O)N(C)Cc3ccncc3)cc2CC1C. The van der Waals surface area contributed by atoms with Gasteiger partial charge in [-0.1, -0.05) is 0 Å². The number of carbonyl (C=O) groups excluding carboxylic acids is 1. The average Bonchev–Trinajstić information content (AvgIpc) is 2.90. The fraction of sp³-hybridized carbons (Fsp3) is 0.333. The summed E-state index contributed by atoms with van der Waals surface area (Å²) in [6, 6.07) is 8.62. The van der Waals surface area contributed by atoms with Crippen LogP contribution >= 0.6 is 0 Å². The van der Waals surface area contributed by atoms with Crippen molar-refractivity contribution in [3.63, 3.8) is 0 Å². The summed E-state index contributed by atoms with van der Waals surface area (Å²) < 4.78 is 27.1. The zero-order valence-electron chi connectivity index (χ0n) is 14.5. The van der Waals surface area contributed by atoms with Gasteiger partial charge in [0.1, 0.15) is 0 Å². The Morgan fingerprint density at radius 3 is 2.60 bits per heavy atom. The molecule has 0 saturated carbocycles. The van der Waals surface area contributed by atoms with Gasteiger partial charge < -0.3 is 4.90 Å². The number of nitrogens with zero attached hydrogens (tertiary/aromatic N) is 3. The lowest BCUT2D eigenvalue weighted by molar-refractivity contribution is -0.116. The summed E-state index contributed by atoms with van der Waals surface area (Å²) in [5.74, 6) is -0.0309. The van der Waals surface area contributed by atoms with Crippen molar-refractivity contribution in [3.8, 4) is 0 Å². The summed E-state index contributed by atoms with van der Waals surface area (Å²) in [5, 5.41) is 0. The van der Waals surface area contributed by atoms with Crippen molar-refractivity contribution in [2.75, 3.05) is 11.9 Å². The average molecular weight is 359 g/mol. The first-order chi connectivity index (χ1) is 11.8. The summed E-state index contributed by atoms with van der Waals surface area (Å²) in [5.41, 5.74) is 2.57. The van der Waals surface area contributed by atoms with Crippen LogP contribution in [-0.2, 0) is 27.8 Å². The summed E-state index contributed by atoms with van der Waals surface area (Å²) >= 11 is 0. The number of carbonyl (C=O) groups is 1. The largest absolute Gasteiger partial charge is 0.309 e. The maximum Gasteiger partial charge on any atom is 0.243 e. The van der Waals surface area contributed by atoms with Crippen molar-refractivity contribution in [1.82, 2.24) is 9.29 Å². The Kier molecular flexibility index (Phi) is 4.62. The van der Waals surface area contributed by atoms with Crippen LogP contribution in [0.2, 0.25) is 0 Å². The molecule has 0 bridgehead atoms. The number of sulfonamides is 1. The first-order valence-corrected chi connectivity index (χ1v) is 9.52. The Morgan fingerprint density at radius 1 is 1.28 bits per heavy atom. The number of aromatic nitrogens is 1. The van der Waals surface area contributed by atoms with E-state index in [1.54, 1.807) is 54.7 Å². The third-order valence-electron chi connectivity index (χ3n) is 4.47. The summed E-state index contributed by atoms with van der Waals surface area (Å²) in [4.78, 5) is 17.7. The summed E-state index contributed by atoms with van der Waals surface area (Å²) in [7, 11) is -2.04. The van der Waals surface area contributed by atoms with Crippen molar-refractivity contribution < 1.29 is 13.2 Å². The third kappa shape index (κ3) is 3.29. The number of anilines is 1. The van der Waals surface area contributed by atoms with Gasteiger partial charge in [0.25, 0.3) is 0 Å². The first kappa shape index (κ1) is 17.6. The standard InChI is InChI=1S/C18H21N3O3S/c1-13-10-16-11-17(4-5-18(16)21(13)14(2)22)25(23,24)20(3)12-15-6-8-19-9-7-15/h4-9,11,13H,10,12H2,1-3H3. The monoisotopic (exact) mass is 359 g/mol. The van der Waals surface area contributed by atoms with Crippen molar-refractivity contribution in [1.29, 1.82) is 0 Å². The van der Waals surface area contributed by atoms with Crippen molar-refractivity contribution >= 4 is 21.6 Å². The van der Waals surface area contributed by atoms with E-state index in [-0.39, 0.29) is 23.4 Å². The van der Waals surface area contributed by atoms with E-state index in [9.17, 15) is 13.2 Å². The number of hydrogen-bond acceptors (Lipinski definition) is 4. The molecular formula is C18H21N3O3S. The molecule has 6 nitrogen and oxygen atoms in total. The van der Waals surface area contributed by atoms with Gasteiger partial charge in [0.05, 0.1) is 4.90 Å². The van der Waals surface area contributed by atoms with E-state index in [1.165, 1.54) is 11.2 Å². The van der Waals surface area contributed by atoms with Crippen LogP contribution in [0.5, 0.6) is 0 Å². The van der Waals surface area contributed by atoms with Gasteiger partial charge in [0.2, 0.25) is 15.9 Å². The van der Waals surface area contributed by atoms with Gasteiger partial charge in [-0.3, -0.25) is 9.78 Å². The number of amides is 1. The number of fused-ring (bicyclic) bond motifs is 1. The van der Waals surface area contributed by atoms with Gasteiger partial charge in [0, 0.05) is 44.6 Å². The molecule has 1 amide bonds. The fourth-order valence-corrected chi connectivity index (χ4v) is 4.47. The molecule has 1 aliphatic rings. The van der Waals surface area contributed by atoms with E-state index in [2.05, 4.69) is 4.98 Å². The van der Waals surface area contributed by atoms with E-state index in [4.69, 9.17) is 0 Å². The summed E-state index contributed by atoms with van der Waals surface area (Å²) in [6.07, 6.45) is 3.94. The molecule has 1 atom stereocenters. The lowest BCUT2D eigenvalue weighted by Crippen LogP contribution is -2.33. The Bertz CT molecular complexity index is 897. The van der Waals surface area contributed by atoms with Crippen LogP contribution in [0.25, 0.3) is 0 Å². The van der Waals surface area contributed by atoms with Crippen LogP contribution < -0.4 is 4.90 Å². The van der Waals surface area contributed by atoms with Crippen LogP contribution in [0, 0.1) is 0 Å². The maximum atomic E-state index is 12.9. The predicted octanol–water partition coefficient (Wildman–Crippen LogP) is 2.20. The van der Waals surface area contributed by atoms with Crippen LogP contribution in [0.3, 0.4) is 0 Å². The highest BCUT2D eigenvalue weighted by Gasteiger charge is 2.31. The molecule has 0 saturated heterocycles. The molecular weight excluding hydrogens is 338 g/mol.